The molecule has 1 saturated heterocycles. The highest BCUT2D eigenvalue weighted by molar-refractivity contribution is 5.82. The Morgan fingerprint density at radius 3 is 2.72 bits per heavy atom. The smallest absolute Gasteiger partial charge is 0.262 e. The quantitative estimate of drug-likeness (QED) is 0.695. The van der Waals surface area contributed by atoms with Gasteiger partial charge in [-0.1, -0.05) is 6.07 Å². The summed E-state index contributed by atoms with van der Waals surface area (Å²) in [6.07, 6.45) is -0.485. The molecule has 6 nitrogen and oxygen atoms in total. The van der Waals surface area contributed by atoms with Crippen LogP contribution in [0.4, 0.5) is 8.78 Å². The Hall–Kier alpha value is -1.93. The molecule has 2 rings (SSSR count). The molecule has 2 N–H and O–H groups in total. The molecule has 0 aliphatic carbocycles. The molecule has 1 aromatic carbocycles. The van der Waals surface area contributed by atoms with E-state index >= 15 is 0 Å². The number of methoxy groups -OCH3 is 2. The Morgan fingerprint density at radius 2 is 2.12 bits per heavy atom. The zero-order valence-electron chi connectivity index (χ0n) is 14.6. The van der Waals surface area contributed by atoms with Crippen molar-refractivity contribution in [3.8, 4) is 11.5 Å². The van der Waals surface area contributed by atoms with Crippen LogP contribution in [0, 0.1) is 0 Å². The number of carbonyl (C=O) groups excluding carboxylic acids is 1. The van der Waals surface area contributed by atoms with E-state index in [-0.39, 0.29) is 6.04 Å². The fraction of sp³-hybridized carbons (Fsp3) is 0.588. The molecule has 1 amide bonds. The standard InChI is InChI=1S/C17H24F2N2O4/c1-11(21-16(22)13-9-17(18,19)10-20-13)12-4-5-14(15(8-12)24-3)25-7-6-23-2/h4-5,8,11,13,20H,6-7,9-10H2,1-3H3,(H,21,22). The average Bonchev–Trinajstić information content (AvgIpc) is 2.95. The topological polar surface area (TPSA) is 68.8 Å². The molecule has 1 aliphatic rings. The van der Waals surface area contributed by atoms with Gasteiger partial charge in [0.05, 0.1) is 32.3 Å². The number of hydrogen-bond acceptors (Lipinski definition) is 5. The summed E-state index contributed by atoms with van der Waals surface area (Å²) < 4.78 is 42.2. The summed E-state index contributed by atoms with van der Waals surface area (Å²) in [6, 6.07) is 4.06. The van der Waals surface area contributed by atoms with E-state index in [1.54, 1.807) is 32.2 Å². The molecule has 0 aromatic heterocycles. The highest BCUT2D eigenvalue weighted by Crippen LogP contribution is 2.31. The van der Waals surface area contributed by atoms with Crippen molar-refractivity contribution < 1.29 is 27.8 Å². The van der Waals surface area contributed by atoms with Crippen LogP contribution < -0.4 is 20.1 Å². The molecule has 8 heteroatoms. The van der Waals surface area contributed by atoms with Crippen molar-refractivity contribution in [3.63, 3.8) is 0 Å². The van der Waals surface area contributed by atoms with Crippen molar-refractivity contribution in [2.45, 2.75) is 31.4 Å². The second kappa shape index (κ2) is 8.44. The normalized spacial score (nSPS) is 20.1. The number of ether oxygens (including phenoxy) is 3. The number of halogens is 2. The molecule has 0 spiro atoms. The van der Waals surface area contributed by atoms with Crippen LogP contribution in [0.1, 0.15) is 24.9 Å². The van der Waals surface area contributed by atoms with Crippen LogP contribution in [0.2, 0.25) is 0 Å². The van der Waals surface area contributed by atoms with E-state index in [4.69, 9.17) is 14.2 Å². The van der Waals surface area contributed by atoms with E-state index in [0.29, 0.717) is 24.7 Å². The Bertz CT molecular complexity index is 598. The summed E-state index contributed by atoms with van der Waals surface area (Å²) in [7, 11) is 3.11. The third-order valence-electron chi connectivity index (χ3n) is 4.02. The number of alkyl halides is 2. The highest BCUT2D eigenvalue weighted by atomic mass is 19.3. The van der Waals surface area contributed by atoms with Gasteiger partial charge in [0.25, 0.3) is 5.92 Å². The fourth-order valence-electron chi connectivity index (χ4n) is 2.61. The van der Waals surface area contributed by atoms with Gasteiger partial charge in [-0.25, -0.2) is 8.78 Å². The van der Waals surface area contributed by atoms with E-state index in [1.807, 2.05) is 0 Å². The van der Waals surface area contributed by atoms with Crippen LogP contribution in [0.3, 0.4) is 0 Å². The molecule has 2 unspecified atom stereocenters. The van der Waals surface area contributed by atoms with Crippen molar-refractivity contribution >= 4 is 5.91 Å². The van der Waals surface area contributed by atoms with Crippen LogP contribution in [0.25, 0.3) is 0 Å². The number of hydrogen-bond donors (Lipinski definition) is 2. The molecule has 0 radical (unpaired) electrons. The number of benzene rings is 1. The first kappa shape index (κ1) is 19.4. The largest absolute Gasteiger partial charge is 0.493 e. The van der Waals surface area contributed by atoms with Crippen LogP contribution >= 0.6 is 0 Å². The lowest BCUT2D eigenvalue weighted by atomic mass is 10.1. The van der Waals surface area contributed by atoms with Crippen LogP contribution in [-0.2, 0) is 9.53 Å². The third kappa shape index (κ3) is 5.27. The van der Waals surface area contributed by atoms with Crippen molar-refractivity contribution in [1.29, 1.82) is 0 Å². The van der Waals surface area contributed by atoms with Gasteiger partial charge in [0.2, 0.25) is 5.91 Å². The third-order valence-corrected chi connectivity index (χ3v) is 4.02. The molecule has 0 saturated carbocycles. The summed E-state index contributed by atoms with van der Waals surface area (Å²) in [5, 5.41) is 5.29. The van der Waals surface area contributed by atoms with Gasteiger partial charge in [0.1, 0.15) is 6.61 Å². The van der Waals surface area contributed by atoms with E-state index in [1.165, 1.54) is 7.11 Å². The Labute approximate surface area is 145 Å². The van der Waals surface area contributed by atoms with Crippen LogP contribution in [-0.4, -0.2) is 51.8 Å². The maximum Gasteiger partial charge on any atom is 0.262 e. The van der Waals surface area contributed by atoms with Gasteiger partial charge in [-0.2, -0.15) is 0 Å². The summed E-state index contributed by atoms with van der Waals surface area (Å²) in [5.74, 6) is -2.18. The van der Waals surface area contributed by atoms with Gasteiger partial charge < -0.3 is 19.5 Å². The second-order valence-corrected chi connectivity index (χ2v) is 5.98. The van der Waals surface area contributed by atoms with E-state index < -0.39 is 30.8 Å². The van der Waals surface area contributed by atoms with Crippen molar-refractivity contribution in [1.82, 2.24) is 10.6 Å². The Balaban J connectivity index is 1.99. The molecular weight excluding hydrogens is 334 g/mol. The summed E-state index contributed by atoms with van der Waals surface area (Å²) >= 11 is 0. The summed E-state index contributed by atoms with van der Waals surface area (Å²) in [4.78, 5) is 12.1. The maximum absolute atomic E-state index is 13.2. The molecular formula is C17H24F2N2O4. The first-order valence-electron chi connectivity index (χ1n) is 8.07. The zero-order valence-corrected chi connectivity index (χ0v) is 14.6. The molecule has 1 heterocycles. The number of amides is 1. The number of carbonyl (C=O) groups is 1. The lowest BCUT2D eigenvalue weighted by Gasteiger charge is -2.19. The van der Waals surface area contributed by atoms with E-state index in [0.717, 1.165) is 5.56 Å². The molecule has 2 atom stereocenters. The first-order chi connectivity index (χ1) is 11.9. The molecule has 1 aliphatic heterocycles. The predicted molar refractivity (Wildman–Crippen MR) is 88.3 cm³/mol. The molecule has 25 heavy (non-hydrogen) atoms. The minimum absolute atomic E-state index is 0.356. The molecule has 1 fully saturated rings. The first-order valence-corrected chi connectivity index (χ1v) is 8.07. The van der Waals surface area contributed by atoms with Crippen LogP contribution in [0.15, 0.2) is 18.2 Å². The highest BCUT2D eigenvalue weighted by Gasteiger charge is 2.42. The zero-order chi connectivity index (χ0) is 18.4. The monoisotopic (exact) mass is 358 g/mol. The number of nitrogens with one attached hydrogen (secondary N) is 2. The lowest BCUT2D eigenvalue weighted by molar-refractivity contribution is -0.124. The fourth-order valence-corrected chi connectivity index (χ4v) is 2.61. The minimum atomic E-state index is -2.84. The SMILES string of the molecule is COCCOc1ccc(C(C)NC(=O)C2CC(F)(F)CN2)cc1OC. The average molecular weight is 358 g/mol. The van der Waals surface area contributed by atoms with Crippen molar-refractivity contribution in [2.24, 2.45) is 0 Å². The van der Waals surface area contributed by atoms with Crippen LogP contribution in [0.5, 0.6) is 11.5 Å². The maximum atomic E-state index is 13.2. The Morgan fingerprint density at radius 1 is 1.36 bits per heavy atom. The van der Waals surface area contributed by atoms with Gasteiger partial charge in [-0.05, 0) is 24.6 Å². The van der Waals surface area contributed by atoms with E-state index in [9.17, 15) is 13.6 Å². The summed E-state index contributed by atoms with van der Waals surface area (Å²) in [5.41, 5.74) is 0.786. The van der Waals surface area contributed by atoms with Crippen molar-refractivity contribution in [2.75, 3.05) is 34.0 Å². The summed E-state index contributed by atoms with van der Waals surface area (Å²) in [6.45, 7) is 2.16. The second-order valence-electron chi connectivity index (χ2n) is 5.98. The molecule has 1 aromatic rings. The van der Waals surface area contributed by atoms with E-state index in [2.05, 4.69) is 10.6 Å². The number of rotatable bonds is 8. The van der Waals surface area contributed by atoms with Gasteiger partial charge in [-0.15, -0.1) is 0 Å². The van der Waals surface area contributed by atoms with Crippen molar-refractivity contribution in [3.05, 3.63) is 23.8 Å². The Kier molecular flexibility index (Phi) is 6.55. The van der Waals surface area contributed by atoms with Gasteiger partial charge in [-0.3, -0.25) is 10.1 Å². The van der Waals surface area contributed by atoms with Gasteiger partial charge in [0, 0.05) is 13.5 Å². The molecule has 140 valence electrons. The van der Waals surface area contributed by atoms with Gasteiger partial charge >= 0.3 is 0 Å². The lowest BCUT2D eigenvalue weighted by Crippen LogP contribution is -2.41. The molecule has 0 bridgehead atoms. The predicted octanol–water partition coefficient (Wildman–Crippen LogP) is 1.89. The van der Waals surface area contributed by atoms with Gasteiger partial charge in [0.15, 0.2) is 11.5 Å². The minimum Gasteiger partial charge on any atom is -0.493 e.